The van der Waals surface area contributed by atoms with E-state index in [1.807, 2.05) is 6.20 Å². The van der Waals surface area contributed by atoms with Crippen LogP contribution in [-0.2, 0) is 4.74 Å². The third-order valence-corrected chi connectivity index (χ3v) is 3.19. The standard InChI is InChI=1S/C14H20N2O/c1-3-12(17-2)10-16-14-13-7-5-4-6-11(13)8-9-15-14/h6-9,12H,3-5,10H2,1-2H3,(H,15,16). The highest BCUT2D eigenvalue weighted by Crippen LogP contribution is 2.01. The van der Waals surface area contributed by atoms with Crippen molar-refractivity contribution in [1.82, 2.24) is 4.98 Å². The smallest absolute Gasteiger partial charge is 0.133 e. The predicted octanol–water partition coefficient (Wildman–Crippen LogP) is 1.27. The summed E-state index contributed by atoms with van der Waals surface area (Å²) in [5.41, 5.74) is 0. The number of fused-ring (bicyclic) bond motifs is 1. The number of rotatable bonds is 5. The van der Waals surface area contributed by atoms with Gasteiger partial charge in [-0.2, -0.15) is 0 Å². The van der Waals surface area contributed by atoms with E-state index >= 15 is 0 Å². The quantitative estimate of drug-likeness (QED) is 0.830. The fourth-order valence-corrected chi connectivity index (χ4v) is 2.09. The number of hydrogen-bond acceptors (Lipinski definition) is 3. The zero-order valence-electron chi connectivity index (χ0n) is 10.6. The van der Waals surface area contributed by atoms with Gasteiger partial charge >= 0.3 is 0 Å². The minimum Gasteiger partial charge on any atom is -0.380 e. The summed E-state index contributed by atoms with van der Waals surface area (Å²) in [6, 6.07) is 2.07. The number of nitrogens with one attached hydrogen (secondary N) is 1. The molecule has 0 spiro atoms. The summed E-state index contributed by atoms with van der Waals surface area (Å²) in [7, 11) is 1.75. The maximum atomic E-state index is 5.36. The molecule has 17 heavy (non-hydrogen) atoms. The number of nitrogens with zero attached hydrogens (tertiary/aromatic N) is 1. The zero-order chi connectivity index (χ0) is 12.1. The molecule has 1 heterocycles. The highest BCUT2D eigenvalue weighted by atomic mass is 16.5. The molecule has 1 aliphatic carbocycles. The molecule has 0 radical (unpaired) electrons. The SMILES string of the molecule is CCC(CNc1nccc2c1=CCCC=2)OC. The zero-order valence-corrected chi connectivity index (χ0v) is 10.6. The summed E-state index contributed by atoms with van der Waals surface area (Å²) in [5, 5.41) is 5.92. The van der Waals surface area contributed by atoms with E-state index in [1.54, 1.807) is 7.11 Å². The van der Waals surface area contributed by atoms with Crippen LogP contribution >= 0.6 is 0 Å². The van der Waals surface area contributed by atoms with Gasteiger partial charge < -0.3 is 10.1 Å². The van der Waals surface area contributed by atoms with E-state index in [9.17, 15) is 0 Å². The lowest BCUT2D eigenvalue weighted by Gasteiger charge is -2.15. The highest BCUT2D eigenvalue weighted by molar-refractivity contribution is 5.48. The van der Waals surface area contributed by atoms with Gasteiger partial charge in [0.05, 0.1) is 6.10 Å². The normalized spacial score (nSPS) is 15.4. The molecular formula is C14H20N2O. The average molecular weight is 232 g/mol. The van der Waals surface area contributed by atoms with Crippen LogP contribution in [0.1, 0.15) is 26.2 Å². The summed E-state index contributed by atoms with van der Waals surface area (Å²) in [5.74, 6) is 0.981. The van der Waals surface area contributed by atoms with E-state index in [1.165, 1.54) is 10.4 Å². The molecule has 3 nitrogen and oxygen atoms in total. The molecule has 0 saturated heterocycles. The number of pyridine rings is 1. The maximum absolute atomic E-state index is 5.36. The summed E-state index contributed by atoms with van der Waals surface area (Å²) < 4.78 is 5.36. The van der Waals surface area contributed by atoms with Crippen molar-refractivity contribution in [2.75, 3.05) is 19.0 Å². The van der Waals surface area contributed by atoms with Crippen LogP contribution in [0.25, 0.3) is 12.2 Å². The van der Waals surface area contributed by atoms with E-state index in [2.05, 4.69) is 35.4 Å². The average Bonchev–Trinajstić information content (AvgIpc) is 2.40. The Bertz CT molecular complexity index is 477. The molecule has 0 saturated carbocycles. The fraction of sp³-hybridized carbons (Fsp3) is 0.500. The van der Waals surface area contributed by atoms with E-state index in [0.717, 1.165) is 31.6 Å². The molecule has 1 aliphatic rings. The van der Waals surface area contributed by atoms with Gasteiger partial charge in [0.2, 0.25) is 0 Å². The summed E-state index contributed by atoms with van der Waals surface area (Å²) >= 11 is 0. The first-order valence-corrected chi connectivity index (χ1v) is 6.27. The molecule has 0 fully saturated rings. The van der Waals surface area contributed by atoms with Crippen LogP contribution in [0, 0.1) is 0 Å². The van der Waals surface area contributed by atoms with Crippen LogP contribution in [0.4, 0.5) is 5.82 Å². The molecule has 1 aromatic rings. The molecule has 0 amide bonds. The predicted molar refractivity (Wildman–Crippen MR) is 71.2 cm³/mol. The van der Waals surface area contributed by atoms with Gasteiger partial charge in [-0.05, 0) is 30.5 Å². The Kier molecular flexibility index (Phi) is 4.15. The van der Waals surface area contributed by atoms with E-state index < -0.39 is 0 Å². The molecule has 2 rings (SSSR count). The summed E-state index contributed by atoms with van der Waals surface area (Å²) in [6.07, 6.45) is 9.90. The van der Waals surface area contributed by atoms with Crippen LogP contribution in [0.3, 0.4) is 0 Å². The van der Waals surface area contributed by atoms with Gasteiger partial charge in [0.25, 0.3) is 0 Å². The van der Waals surface area contributed by atoms with Crippen molar-refractivity contribution in [2.24, 2.45) is 0 Å². The van der Waals surface area contributed by atoms with Gasteiger partial charge in [0.15, 0.2) is 0 Å². The van der Waals surface area contributed by atoms with Gasteiger partial charge in [-0.15, -0.1) is 0 Å². The number of ether oxygens (including phenoxy) is 1. The Hall–Kier alpha value is -1.35. The highest BCUT2D eigenvalue weighted by Gasteiger charge is 2.06. The number of methoxy groups -OCH3 is 1. The van der Waals surface area contributed by atoms with Crippen molar-refractivity contribution in [3.8, 4) is 0 Å². The molecule has 0 bridgehead atoms. The second kappa shape index (κ2) is 5.82. The first kappa shape index (κ1) is 12.1. The van der Waals surface area contributed by atoms with Crippen LogP contribution in [0.15, 0.2) is 12.3 Å². The van der Waals surface area contributed by atoms with Crippen molar-refractivity contribution >= 4 is 18.0 Å². The Balaban J connectivity index is 2.18. The number of aromatic nitrogens is 1. The monoisotopic (exact) mass is 232 g/mol. The third-order valence-electron chi connectivity index (χ3n) is 3.19. The Morgan fingerprint density at radius 2 is 2.24 bits per heavy atom. The van der Waals surface area contributed by atoms with Gasteiger partial charge in [0, 0.05) is 25.1 Å². The van der Waals surface area contributed by atoms with Crippen molar-refractivity contribution in [3.63, 3.8) is 0 Å². The lowest BCUT2D eigenvalue weighted by molar-refractivity contribution is 0.110. The largest absolute Gasteiger partial charge is 0.380 e. The lowest BCUT2D eigenvalue weighted by atomic mass is 10.1. The topological polar surface area (TPSA) is 34.2 Å². The Morgan fingerprint density at radius 1 is 1.41 bits per heavy atom. The second-order valence-corrected chi connectivity index (χ2v) is 4.29. The molecule has 1 unspecified atom stereocenters. The van der Waals surface area contributed by atoms with Crippen LogP contribution in [0.2, 0.25) is 0 Å². The fourth-order valence-electron chi connectivity index (χ4n) is 2.09. The van der Waals surface area contributed by atoms with Crippen molar-refractivity contribution in [3.05, 3.63) is 22.7 Å². The second-order valence-electron chi connectivity index (χ2n) is 4.29. The molecule has 1 N–H and O–H groups in total. The molecule has 1 aromatic heterocycles. The third kappa shape index (κ3) is 2.86. The lowest BCUT2D eigenvalue weighted by Crippen LogP contribution is -2.33. The van der Waals surface area contributed by atoms with Gasteiger partial charge in [-0.3, -0.25) is 0 Å². The van der Waals surface area contributed by atoms with Gasteiger partial charge in [-0.1, -0.05) is 19.1 Å². The first-order valence-electron chi connectivity index (χ1n) is 6.27. The molecular weight excluding hydrogens is 212 g/mol. The van der Waals surface area contributed by atoms with Crippen molar-refractivity contribution in [1.29, 1.82) is 0 Å². The summed E-state index contributed by atoms with van der Waals surface area (Å²) in [4.78, 5) is 4.41. The molecule has 92 valence electrons. The Labute approximate surface area is 102 Å². The van der Waals surface area contributed by atoms with Crippen molar-refractivity contribution < 1.29 is 4.74 Å². The molecule has 1 atom stereocenters. The minimum absolute atomic E-state index is 0.250. The Morgan fingerprint density at radius 3 is 3.00 bits per heavy atom. The minimum atomic E-state index is 0.250. The van der Waals surface area contributed by atoms with Crippen LogP contribution in [-0.4, -0.2) is 24.7 Å². The van der Waals surface area contributed by atoms with Gasteiger partial charge in [0.1, 0.15) is 5.82 Å². The molecule has 0 aromatic carbocycles. The molecule has 0 aliphatic heterocycles. The van der Waals surface area contributed by atoms with E-state index in [0.29, 0.717) is 0 Å². The van der Waals surface area contributed by atoms with Gasteiger partial charge in [-0.25, -0.2) is 4.98 Å². The van der Waals surface area contributed by atoms with Crippen LogP contribution in [0.5, 0.6) is 0 Å². The van der Waals surface area contributed by atoms with E-state index in [-0.39, 0.29) is 6.10 Å². The maximum Gasteiger partial charge on any atom is 0.133 e. The first-order chi connectivity index (χ1) is 8.35. The summed E-state index contributed by atoms with van der Waals surface area (Å²) in [6.45, 7) is 2.94. The van der Waals surface area contributed by atoms with Crippen molar-refractivity contribution in [2.45, 2.75) is 32.3 Å². The molecule has 3 heteroatoms. The number of hydrogen-bond donors (Lipinski definition) is 1. The van der Waals surface area contributed by atoms with Crippen LogP contribution < -0.4 is 15.8 Å². The van der Waals surface area contributed by atoms with E-state index in [4.69, 9.17) is 4.74 Å². The number of anilines is 1.